The lowest BCUT2D eigenvalue weighted by Gasteiger charge is -2.33. The van der Waals surface area contributed by atoms with Crippen LogP contribution in [0.3, 0.4) is 0 Å². The molecule has 1 fully saturated rings. The van der Waals surface area contributed by atoms with E-state index in [2.05, 4.69) is 17.1 Å². The number of rotatable bonds is 9. The monoisotopic (exact) mass is 508 g/mol. The van der Waals surface area contributed by atoms with E-state index in [1.807, 2.05) is 30.3 Å². The van der Waals surface area contributed by atoms with Gasteiger partial charge in [-0.1, -0.05) is 69.0 Å². The first-order valence-corrected chi connectivity index (χ1v) is 14.1. The largest absolute Gasteiger partial charge is 0.371 e. The van der Waals surface area contributed by atoms with Crippen LogP contribution in [0.15, 0.2) is 60.7 Å². The van der Waals surface area contributed by atoms with Gasteiger partial charge >= 0.3 is 0 Å². The molecule has 1 aliphatic carbocycles. The van der Waals surface area contributed by atoms with E-state index in [9.17, 15) is 14.4 Å². The van der Waals surface area contributed by atoms with E-state index < -0.39 is 0 Å². The lowest BCUT2D eigenvalue weighted by molar-refractivity contribution is 0.0979. The predicted octanol–water partition coefficient (Wildman–Crippen LogP) is 7.22. The van der Waals surface area contributed by atoms with Crippen molar-refractivity contribution >= 4 is 28.8 Å². The Morgan fingerprint density at radius 2 is 1.42 bits per heavy atom. The van der Waals surface area contributed by atoms with Crippen LogP contribution in [0.1, 0.15) is 106 Å². The van der Waals surface area contributed by atoms with E-state index in [1.165, 1.54) is 37.7 Å². The molecule has 0 spiro atoms. The molecule has 3 aromatic carbocycles. The molecule has 0 atom stereocenters. The fourth-order valence-corrected chi connectivity index (χ4v) is 5.66. The van der Waals surface area contributed by atoms with Crippen molar-refractivity contribution in [2.45, 2.75) is 64.7 Å². The minimum Gasteiger partial charge on any atom is -0.371 e. The molecular formula is C33H36N2O3. The smallest absolute Gasteiger partial charge is 0.255 e. The Morgan fingerprint density at radius 1 is 0.763 bits per heavy atom. The molecule has 1 N–H and O–H groups in total. The number of hydrogen-bond donors (Lipinski definition) is 1. The van der Waals surface area contributed by atoms with Crippen molar-refractivity contribution in [2.24, 2.45) is 0 Å². The first kappa shape index (κ1) is 25.9. The molecule has 1 aliphatic heterocycles. The summed E-state index contributed by atoms with van der Waals surface area (Å²) in [4.78, 5) is 42.9. The summed E-state index contributed by atoms with van der Waals surface area (Å²) in [6, 6.07) is 18.3. The minimum absolute atomic E-state index is 0.157. The summed E-state index contributed by atoms with van der Waals surface area (Å²) in [5.74, 6) is -0.663. The maximum Gasteiger partial charge on any atom is 0.255 e. The molecule has 0 aromatic heterocycles. The minimum atomic E-state index is -0.286. The molecule has 0 unspecified atom stereocenters. The number of benzene rings is 3. The average Bonchev–Trinajstić information content (AvgIpc) is 2.96. The summed E-state index contributed by atoms with van der Waals surface area (Å²) in [7, 11) is 0. The molecule has 196 valence electrons. The molecule has 2 aliphatic rings. The highest BCUT2D eigenvalue weighted by Gasteiger charge is 2.35. The van der Waals surface area contributed by atoms with Crippen molar-refractivity contribution in [3.05, 3.63) is 94.0 Å². The molecule has 5 nitrogen and oxygen atoms in total. The van der Waals surface area contributed by atoms with Crippen molar-refractivity contribution in [3.8, 4) is 0 Å². The van der Waals surface area contributed by atoms with E-state index in [0.29, 0.717) is 33.5 Å². The maximum absolute atomic E-state index is 13.7. The predicted molar refractivity (Wildman–Crippen MR) is 153 cm³/mol. The Bertz CT molecular complexity index is 1340. The van der Waals surface area contributed by atoms with Gasteiger partial charge in [0.15, 0.2) is 11.6 Å². The number of anilines is 2. The zero-order valence-corrected chi connectivity index (χ0v) is 22.2. The number of nitrogens with one attached hydrogen (secondary N) is 1. The third-order valence-electron chi connectivity index (χ3n) is 7.78. The Morgan fingerprint density at radius 3 is 2.11 bits per heavy atom. The molecule has 3 aromatic rings. The van der Waals surface area contributed by atoms with Gasteiger partial charge in [-0.05, 0) is 61.9 Å². The van der Waals surface area contributed by atoms with E-state index >= 15 is 0 Å². The molecular weight excluding hydrogens is 472 g/mol. The van der Waals surface area contributed by atoms with Gasteiger partial charge in [0.25, 0.3) is 5.91 Å². The van der Waals surface area contributed by atoms with Crippen LogP contribution in [0.25, 0.3) is 0 Å². The first-order valence-electron chi connectivity index (χ1n) is 14.1. The summed E-state index contributed by atoms with van der Waals surface area (Å²) in [6.45, 7) is 3.92. The molecule has 0 radical (unpaired) electrons. The first-order chi connectivity index (χ1) is 18.6. The van der Waals surface area contributed by atoms with Crippen molar-refractivity contribution in [1.29, 1.82) is 0 Å². The van der Waals surface area contributed by atoms with E-state index in [-0.39, 0.29) is 17.5 Å². The highest BCUT2D eigenvalue weighted by atomic mass is 16.2. The van der Waals surface area contributed by atoms with Crippen LogP contribution in [0, 0.1) is 0 Å². The van der Waals surface area contributed by atoms with E-state index in [0.717, 1.165) is 44.5 Å². The second kappa shape index (κ2) is 11.8. The van der Waals surface area contributed by atoms with Gasteiger partial charge in [0.05, 0.1) is 16.8 Å². The van der Waals surface area contributed by atoms with Gasteiger partial charge in [0.2, 0.25) is 0 Å². The molecule has 5 heteroatoms. The SMILES string of the molecule is CCCCCCCc1ccc(C(=O)Nc2ccc(N3CCCCC3)c3c2C(=O)c2ccccc2C3=O)cc1. The second-order valence-electron chi connectivity index (χ2n) is 10.4. The number of nitrogens with zero attached hydrogens (tertiary/aromatic N) is 1. The van der Waals surface area contributed by atoms with Gasteiger partial charge in [0.1, 0.15) is 0 Å². The molecule has 1 saturated heterocycles. The third kappa shape index (κ3) is 5.28. The molecule has 38 heavy (non-hydrogen) atoms. The number of piperidine rings is 1. The number of unbranched alkanes of at least 4 members (excludes halogenated alkanes) is 4. The maximum atomic E-state index is 13.7. The topological polar surface area (TPSA) is 66.5 Å². The zero-order valence-electron chi connectivity index (χ0n) is 22.2. The fraction of sp³-hybridized carbons (Fsp3) is 0.364. The lowest BCUT2D eigenvalue weighted by atomic mass is 9.81. The lowest BCUT2D eigenvalue weighted by Crippen LogP contribution is -2.33. The summed E-state index contributed by atoms with van der Waals surface area (Å²) in [6.07, 6.45) is 10.4. The van der Waals surface area contributed by atoms with Crippen LogP contribution in [-0.2, 0) is 6.42 Å². The van der Waals surface area contributed by atoms with Crippen LogP contribution in [0.4, 0.5) is 11.4 Å². The van der Waals surface area contributed by atoms with Gasteiger partial charge in [-0.3, -0.25) is 14.4 Å². The van der Waals surface area contributed by atoms with Crippen molar-refractivity contribution in [1.82, 2.24) is 0 Å². The Balaban J connectivity index is 1.41. The van der Waals surface area contributed by atoms with Crippen molar-refractivity contribution in [3.63, 3.8) is 0 Å². The number of ketones is 2. The molecule has 1 heterocycles. The van der Waals surface area contributed by atoms with Gasteiger partial charge in [-0.15, -0.1) is 0 Å². The Kier molecular flexibility index (Phi) is 8.02. The summed E-state index contributed by atoms with van der Waals surface area (Å²) < 4.78 is 0. The van der Waals surface area contributed by atoms with E-state index in [1.54, 1.807) is 30.3 Å². The Hall–Kier alpha value is -3.73. The van der Waals surface area contributed by atoms with Crippen LogP contribution in [0.5, 0.6) is 0 Å². The molecule has 0 bridgehead atoms. The molecule has 0 saturated carbocycles. The van der Waals surface area contributed by atoms with Gasteiger partial charge in [-0.2, -0.15) is 0 Å². The average molecular weight is 509 g/mol. The molecule has 1 amide bonds. The summed E-state index contributed by atoms with van der Waals surface area (Å²) in [5.41, 5.74) is 4.45. The number of carbonyl (C=O) groups is 3. The van der Waals surface area contributed by atoms with Gasteiger partial charge in [0, 0.05) is 35.5 Å². The quantitative estimate of drug-likeness (QED) is 0.242. The van der Waals surface area contributed by atoms with Gasteiger partial charge < -0.3 is 10.2 Å². The normalized spacial score (nSPS) is 14.7. The number of amides is 1. The van der Waals surface area contributed by atoms with Crippen LogP contribution in [0.2, 0.25) is 0 Å². The van der Waals surface area contributed by atoms with Gasteiger partial charge in [-0.25, -0.2) is 0 Å². The molecule has 5 rings (SSSR count). The second-order valence-corrected chi connectivity index (χ2v) is 10.4. The zero-order chi connectivity index (χ0) is 26.5. The van der Waals surface area contributed by atoms with Crippen LogP contribution in [-0.4, -0.2) is 30.6 Å². The summed E-state index contributed by atoms with van der Waals surface area (Å²) >= 11 is 0. The fourth-order valence-electron chi connectivity index (χ4n) is 5.66. The van der Waals surface area contributed by atoms with Crippen molar-refractivity contribution < 1.29 is 14.4 Å². The number of hydrogen-bond acceptors (Lipinski definition) is 4. The van der Waals surface area contributed by atoms with Crippen LogP contribution < -0.4 is 10.2 Å². The number of fused-ring (bicyclic) bond motifs is 2. The highest BCUT2D eigenvalue weighted by molar-refractivity contribution is 6.32. The van der Waals surface area contributed by atoms with Crippen molar-refractivity contribution in [2.75, 3.05) is 23.3 Å². The summed E-state index contributed by atoms with van der Waals surface area (Å²) in [5, 5.41) is 2.95. The van der Waals surface area contributed by atoms with Crippen LogP contribution >= 0.6 is 0 Å². The highest BCUT2D eigenvalue weighted by Crippen LogP contribution is 2.39. The Labute approximate surface area is 225 Å². The third-order valence-corrected chi connectivity index (χ3v) is 7.78. The standard InChI is InChI=1S/C33H36N2O3/c1-2-3-4-5-7-12-23-15-17-24(18-16-23)33(38)34-27-19-20-28(35-21-10-6-11-22-35)30-29(27)31(36)25-13-8-9-14-26(25)32(30)37/h8-9,13-20H,2-7,10-12,21-22H2,1H3,(H,34,38). The number of aryl methyl sites for hydroxylation is 1. The number of carbonyl (C=O) groups excluding carboxylic acids is 3. The van der Waals surface area contributed by atoms with E-state index in [4.69, 9.17) is 0 Å².